The first-order valence-corrected chi connectivity index (χ1v) is 7.78. The fraction of sp³-hybridized carbons (Fsp3) is 0.286. The predicted octanol–water partition coefficient (Wildman–Crippen LogP) is 4.46. The fourth-order valence-electron chi connectivity index (χ4n) is 1.89. The van der Waals surface area contributed by atoms with E-state index in [1.54, 1.807) is 17.4 Å². The SMILES string of the molecule is CN(CCc1cccs1)c1ccc(F)cc1CBr. The monoisotopic (exact) mass is 327 g/mol. The van der Waals surface area contributed by atoms with Gasteiger partial charge in [-0.3, -0.25) is 0 Å². The molecule has 0 saturated carbocycles. The molecule has 0 bridgehead atoms. The largest absolute Gasteiger partial charge is 0.374 e. The zero-order valence-corrected chi connectivity index (χ0v) is 12.6. The highest BCUT2D eigenvalue weighted by molar-refractivity contribution is 9.08. The third-order valence-corrected chi connectivity index (χ3v) is 4.41. The first kappa shape index (κ1) is 13.6. The molecule has 4 heteroatoms. The van der Waals surface area contributed by atoms with Crippen LogP contribution in [0.25, 0.3) is 0 Å². The Bertz CT molecular complexity index is 499. The van der Waals surface area contributed by atoms with E-state index in [-0.39, 0.29) is 5.82 Å². The quantitative estimate of drug-likeness (QED) is 0.733. The maximum atomic E-state index is 13.2. The van der Waals surface area contributed by atoms with Gasteiger partial charge in [-0.05, 0) is 41.6 Å². The molecule has 0 N–H and O–H groups in total. The van der Waals surface area contributed by atoms with Crippen LogP contribution >= 0.6 is 27.3 Å². The lowest BCUT2D eigenvalue weighted by molar-refractivity contribution is 0.626. The van der Waals surface area contributed by atoms with E-state index in [0.29, 0.717) is 5.33 Å². The minimum atomic E-state index is -0.181. The van der Waals surface area contributed by atoms with Gasteiger partial charge in [-0.15, -0.1) is 11.3 Å². The Balaban J connectivity index is 2.06. The molecule has 2 aromatic rings. The molecule has 0 radical (unpaired) electrons. The van der Waals surface area contributed by atoms with Gasteiger partial charge in [0.2, 0.25) is 0 Å². The number of hydrogen-bond acceptors (Lipinski definition) is 2. The summed E-state index contributed by atoms with van der Waals surface area (Å²) in [6.45, 7) is 0.937. The number of thiophene rings is 1. The molecule has 0 atom stereocenters. The molecule has 1 heterocycles. The van der Waals surface area contributed by atoms with Crippen molar-refractivity contribution >= 4 is 33.0 Å². The van der Waals surface area contributed by atoms with Crippen LogP contribution < -0.4 is 4.90 Å². The second kappa shape index (κ2) is 6.34. The number of likely N-dealkylation sites (N-methyl/N-ethyl adjacent to an activating group) is 1. The summed E-state index contributed by atoms with van der Waals surface area (Å²) >= 11 is 5.19. The van der Waals surface area contributed by atoms with Gasteiger partial charge in [0.05, 0.1) is 0 Å². The van der Waals surface area contributed by atoms with Gasteiger partial charge < -0.3 is 4.90 Å². The molecular weight excluding hydrogens is 313 g/mol. The second-order valence-electron chi connectivity index (χ2n) is 4.16. The molecule has 0 fully saturated rings. The summed E-state index contributed by atoms with van der Waals surface area (Å²) in [6, 6.07) is 9.17. The normalized spacial score (nSPS) is 10.6. The van der Waals surface area contributed by atoms with Gasteiger partial charge >= 0.3 is 0 Å². The molecule has 0 aliphatic rings. The van der Waals surface area contributed by atoms with E-state index in [4.69, 9.17) is 0 Å². The van der Waals surface area contributed by atoms with Gasteiger partial charge in [0.25, 0.3) is 0 Å². The van der Waals surface area contributed by atoms with E-state index < -0.39 is 0 Å². The average Bonchev–Trinajstić information content (AvgIpc) is 2.88. The predicted molar refractivity (Wildman–Crippen MR) is 80.3 cm³/mol. The second-order valence-corrected chi connectivity index (χ2v) is 5.75. The molecule has 1 nitrogen and oxygen atoms in total. The summed E-state index contributed by atoms with van der Waals surface area (Å²) in [5, 5.41) is 2.76. The number of rotatable bonds is 5. The fourth-order valence-corrected chi connectivity index (χ4v) is 3.03. The third-order valence-electron chi connectivity index (χ3n) is 2.87. The highest BCUT2D eigenvalue weighted by atomic mass is 79.9. The lowest BCUT2D eigenvalue weighted by atomic mass is 10.1. The van der Waals surface area contributed by atoms with Crippen LogP contribution in [-0.2, 0) is 11.8 Å². The molecule has 18 heavy (non-hydrogen) atoms. The highest BCUT2D eigenvalue weighted by Crippen LogP contribution is 2.23. The van der Waals surface area contributed by atoms with Crippen LogP contribution in [0.2, 0.25) is 0 Å². The van der Waals surface area contributed by atoms with Crippen LogP contribution in [0.1, 0.15) is 10.4 Å². The highest BCUT2D eigenvalue weighted by Gasteiger charge is 2.08. The molecule has 2 rings (SSSR count). The van der Waals surface area contributed by atoms with Crippen LogP contribution in [0.5, 0.6) is 0 Å². The van der Waals surface area contributed by atoms with Crippen LogP contribution in [0.3, 0.4) is 0 Å². The standard InChI is InChI=1S/C14H15BrFNS/c1-17(7-6-13-3-2-8-18-13)14-5-4-12(16)9-11(14)10-15/h2-5,8-9H,6-7,10H2,1H3. The number of hydrogen-bond donors (Lipinski definition) is 0. The Labute approximate surface area is 119 Å². The van der Waals surface area contributed by atoms with E-state index in [1.807, 2.05) is 13.1 Å². The Morgan fingerprint density at radius 2 is 2.17 bits per heavy atom. The number of alkyl halides is 1. The van der Waals surface area contributed by atoms with E-state index in [1.165, 1.54) is 10.9 Å². The molecule has 96 valence electrons. The maximum absolute atomic E-state index is 13.2. The zero-order valence-electron chi connectivity index (χ0n) is 10.2. The summed E-state index contributed by atoms with van der Waals surface area (Å²) in [7, 11) is 2.05. The van der Waals surface area contributed by atoms with Gasteiger partial charge in [0.15, 0.2) is 0 Å². The molecule has 0 aliphatic heterocycles. The number of nitrogens with zero attached hydrogens (tertiary/aromatic N) is 1. The summed E-state index contributed by atoms with van der Waals surface area (Å²) < 4.78 is 13.2. The lowest BCUT2D eigenvalue weighted by Gasteiger charge is -2.21. The average molecular weight is 328 g/mol. The topological polar surface area (TPSA) is 3.24 Å². The van der Waals surface area contributed by atoms with Crippen LogP contribution in [0.15, 0.2) is 35.7 Å². The van der Waals surface area contributed by atoms with Crippen molar-refractivity contribution in [2.45, 2.75) is 11.8 Å². The van der Waals surface area contributed by atoms with Crippen molar-refractivity contribution in [3.8, 4) is 0 Å². The Kier molecular flexibility index (Phi) is 4.78. The van der Waals surface area contributed by atoms with E-state index >= 15 is 0 Å². The van der Waals surface area contributed by atoms with Gasteiger partial charge in [-0.1, -0.05) is 22.0 Å². The molecule has 0 aliphatic carbocycles. The van der Waals surface area contributed by atoms with Crippen molar-refractivity contribution in [2.75, 3.05) is 18.5 Å². The molecule has 0 unspecified atom stereocenters. The Hall–Kier alpha value is -0.870. The number of benzene rings is 1. The smallest absolute Gasteiger partial charge is 0.123 e. The first-order valence-electron chi connectivity index (χ1n) is 5.78. The summed E-state index contributed by atoms with van der Waals surface area (Å²) in [5.74, 6) is -0.181. The van der Waals surface area contributed by atoms with Crippen molar-refractivity contribution in [3.63, 3.8) is 0 Å². The maximum Gasteiger partial charge on any atom is 0.123 e. The number of anilines is 1. The first-order chi connectivity index (χ1) is 8.70. The summed E-state index contributed by atoms with van der Waals surface area (Å²) in [4.78, 5) is 3.56. The van der Waals surface area contributed by atoms with E-state index in [9.17, 15) is 4.39 Å². The van der Waals surface area contributed by atoms with Crippen molar-refractivity contribution in [3.05, 3.63) is 52.0 Å². The van der Waals surface area contributed by atoms with Gasteiger partial charge in [-0.2, -0.15) is 0 Å². The van der Waals surface area contributed by atoms with Crippen molar-refractivity contribution in [1.29, 1.82) is 0 Å². The van der Waals surface area contributed by atoms with Crippen molar-refractivity contribution in [2.24, 2.45) is 0 Å². The summed E-state index contributed by atoms with van der Waals surface area (Å²) in [5.41, 5.74) is 2.08. The third kappa shape index (κ3) is 3.33. The van der Waals surface area contributed by atoms with Crippen LogP contribution in [-0.4, -0.2) is 13.6 Å². The molecule has 1 aromatic carbocycles. The zero-order chi connectivity index (χ0) is 13.0. The molecule has 0 spiro atoms. The Morgan fingerprint density at radius 1 is 1.33 bits per heavy atom. The Morgan fingerprint density at radius 3 is 2.83 bits per heavy atom. The molecular formula is C14H15BrFNS. The lowest BCUT2D eigenvalue weighted by Crippen LogP contribution is -2.21. The van der Waals surface area contributed by atoms with E-state index in [0.717, 1.165) is 24.2 Å². The van der Waals surface area contributed by atoms with Gasteiger partial charge in [0.1, 0.15) is 5.82 Å². The van der Waals surface area contributed by atoms with Crippen LogP contribution in [0, 0.1) is 5.82 Å². The molecule has 0 saturated heterocycles. The molecule has 0 amide bonds. The molecule has 1 aromatic heterocycles. The van der Waals surface area contributed by atoms with Crippen molar-refractivity contribution in [1.82, 2.24) is 0 Å². The van der Waals surface area contributed by atoms with Crippen molar-refractivity contribution < 1.29 is 4.39 Å². The summed E-state index contributed by atoms with van der Waals surface area (Å²) in [6.07, 6.45) is 1.02. The van der Waals surface area contributed by atoms with Crippen LogP contribution in [0.4, 0.5) is 10.1 Å². The van der Waals surface area contributed by atoms with Gasteiger partial charge in [0, 0.05) is 29.5 Å². The minimum Gasteiger partial charge on any atom is -0.374 e. The van der Waals surface area contributed by atoms with E-state index in [2.05, 4.69) is 38.3 Å². The number of halogens is 2. The van der Waals surface area contributed by atoms with Gasteiger partial charge in [-0.25, -0.2) is 4.39 Å². The minimum absolute atomic E-state index is 0.181.